The van der Waals surface area contributed by atoms with E-state index in [1.54, 1.807) is 29.2 Å². The van der Waals surface area contributed by atoms with Crippen LogP contribution in [0.4, 0.5) is 17.3 Å². The summed E-state index contributed by atoms with van der Waals surface area (Å²) < 4.78 is 0. The second-order valence-electron chi connectivity index (χ2n) is 6.28. The van der Waals surface area contributed by atoms with Gasteiger partial charge in [0.05, 0.1) is 15.7 Å². The third kappa shape index (κ3) is 3.48. The molecule has 4 rings (SSSR count). The normalized spacial score (nSPS) is 12.8. The van der Waals surface area contributed by atoms with Gasteiger partial charge in [-0.25, -0.2) is 9.97 Å². The Kier molecular flexibility index (Phi) is 4.72. The molecule has 0 spiro atoms. The number of aromatic nitrogens is 2. The summed E-state index contributed by atoms with van der Waals surface area (Å²) in [4.78, 5) is 23.6. The predicted octanol–water partition coefficient (Wildman–Crippen LogP) is 5.04. The third-order valence-electron chi connectivity index (χ3n) is 4.41. The number of carbonyl (C=O) groups is 1. The molecule has 2 aromatic carbocycles. The van der Waals surface area contributed by atoms with Gasteiger partial charge in [0.1, 0.15) is 5.69 Å². The number of carbonyl (C=O) groups excluding carboxylic acids is 1. The standard InChI is InChI=1S/C20H16Cl2N4O/c1-12-11-16(19(27)26-10-9-13-5-2-3-8-17(13)26)24-20(23-12)25-18-14(21)6-4-7-15(18)22/h2-8,11H,9-10H2,1H3,(H,23,24,25). The summed E-state index contributed by atoms with van der Waals surface area (Å²) in [5.74, 6) is 0.125. The van der Waals surface area contributed by atoms with E-state index >= 15 is 0 Å². The van der Waals surface area contributed by atoms with E-state index in [2.05, 4.69) is 15.3 Å². The molecule has 0 radical (unpaired) electrons. The van der Waals surface area contributed by atoms with Crippen molar-refractivity contribution in [2.45, 2.75) is 13.3 Å². The number of fused-ring (bicyclic) bond motifs is 1. The van der Waals surface area contributed by atoms with Crippen molar-refractivity contribution in [1.82, 2.24) is 9.97 Å². The average molecular weight is 399 g/mol. The lowest BCUT2D eigenvalue weighted by Crippen LogP contribution is -2.30. The van der Waals surface area contributed by atoms with E-state index in [0.29, 0.717) is 33.7 Å². The highest BCUT2D eigenvalue weighted by Gasteiger charge is 2.26. The van der Waals surface area contributed by atoms with Crippen LogP contribution in [0, 0.1) is 6.92 Å². The molecular formula is C20H16Cl2N4O. The summed E-state index contributed by atoms with van der Waals surface area (Å²) in [5.41, 5.74) is 3.60. The molecule has 0 unspecified atom stereocenters. The molecule has 0 aliphatic carbocycles. The van der Waals surface area contributed by atoms with Crippen LogP contribution in [0.1, 0.15) is 21.7 Å². The number of para-hydroxylation sites is 2. The topological polar surface area (TPSA) is 58.1 Å². The molecule has 0 saturated heterocycles. The Morgan fingerprint density at radius 1 is 1.07 bits per heavy atom. The molecule has 1 aliphatic rings. The van der Waals surface area contributed by atoms with Gasteiger partial charge in [-0.05, 0) is 43.2 Å². The Hall–Kier alpha value is -2.63. The number of rotatable bonds is 3. The Labute approximate surface area is 167 Å². The number of nitrogens with one attached hydrogen (secondary N) is 1. The van der Waals surface area contributed by atoms with Crippen molar-refractivity contribution in [2.24, 2.45) is 0 Å². The van der Waals surface area contributed by atoms with Gasteiger partial charge in [-0.1, -0.05) is 47.5 Å². The van der Waals surface area contributed by atoms with Crippen LogP contribution in [0.3, 0.4) is 0 Å². The van der Waals surface area contributed by atoms with Gasteiger partial charge in [0, 0.05) is 17.9 Å². The quantitative estimate of drug-likeness (QED) is 0.671. The molecule has 0 fully saturated rings. The SMILES string of the molecule is Cc1cc(C(=O)N2CCc3ccccc32)nc(Nc2c(Cl)cccc2Cl)n1. The van der Waals surface area contributed by atoms with E-state index in [1.807, 2.05) is 31.2 Å². The van der Waals surface area contributed by atoms with Crippen LogP contribution in [0.5, 0.6) is 0 Å². The molecule has 3 aromatic rings. The monoisotopic (exact) mass is 398 g/mol. The van der Waals surface area contributed by atoms with E-state index in [-0.39, 0.29) is 11.9 Å². The second-order valence-corrected chi connectivity index (χ2v) is 7.09. The number of aryl methyl sites for hydroxylation is 1. The minimum atomic E-state index is -0.154. The predicted molar refractivity (Wildman–Crippen MR) is 108 cm³/mol. The minimum absolute atomic E-state index is 0.154. The van der Waals surface area contributed by atoms with Crippen LogP contribution in [0.25, 0.3) is 0 Å². The number of benzene rings is 2. The first kappa shape index (κ1) is 17.8. The fraction of sp³-hybridized carbons (Fsp3) is 0.150. The Balaban J connectivity index is 1.66. The fourth-order valence-corrected chi connectivity index (χ4v) is 3.64. The zero-order chi connectivity index (χ0) is 19.0. The molecule has 1 aromatic heterocycles. The van der Waals surface area contributed by atoms with E-state index in [9.17, 15) is 4.79 Å². The summed E-state index contributed by atoms with van der Waals surface area (Å²) in [6.45, 7) is 2.45. The summed E-state index contributed by atoms with van der Waals surface area (Å²) in [6, 6.07) is 14.8. The molecule has 7 heteroatoms. The van der Waals surface area contributed by atoms with Gasteiger partial charge < -0.3 is 10.2 Å². The Morgan fingerprint density at radius 3 is 2.59 bits per heavy atom. The molecule has 5 nitrogen and oxygen atoms in total. The van der Waals surface area contributed by atoms with Crippen LogP contribution in [0.2, 0.25) is 10.0 Å². The van der Waals surface area contributed by atoms with Crippen molar-refractivity contribution in [2.75, 3.05) is 16.8 Å². The number of nitrogens with zero attached hydrogens (tertiary/aromatic N) is 3. The number of amides is 1. The molecule has 0 atom stereocenters. The molecule has 2 heterocycles. The second kappa shape index (κ2) is 7.18. The van der Waals surface area contributed by atoms with Gasteiger partial charge in [-0.3, -0.25) is 4.79 Å². The number of hydrogen-bond acceptors (Lipinski definition) is 4. The highest BCUT2D eigenvalue weighted by atomic mass is 35.5. The van der Waals surface area contributed by atoms with E-state index in [0.717, 1.165) is 17.7 Å². The molecule has 1 aliphatic heterocycles. The van der Waals surface area contributed by atoms with Crippen LogP contribution in [-0.4, -0.2) is 22.4 Å². The lowest BCUT2D eigenvalue weighted by Gasteiger charge is -2.17. The minimum Gasteiger partial charge on any atom is -0.322 e. The summed E-state index contributed by atoms with van der Waals surface area (Å²) in [6.07, 6.45) is 0.840. The van der Waals surface area contributed by atoms with Crippen molar-refractivity contribution in [1.29, 1.82) is 0 Å². The van der Waals surface area contributed by atoms with Crippen LogP contribution >= 0.6 is 23.2 Å². The summed E-state index contributed by atoms with van der Waals surface area (Å²) >= 11 is 12.4. The lowest BCUT2D eigenvalue weighted by molar-refractivity contribution is 0.0984. The maximum atomic E-state index is 13.1. The Bertz CT molecular complexity index is 1020. The van der Waals surface area contributed by atoms with Gasteiger partial charge in [-0.15, -0.1) is 0 Å². The van der Waals surface area contributed by atoms with Gasteiger partial charge >= 0.3 is 0 Å². The van der Waals surface area contributed by atoms with E-state index in [4.69, 9.17) is 23.2 Å². The van der Waals surface area contributed by atoms with Crippen LogP contribution in [-0.2, 0) is 6.42 Å². The number of halogens is 2. The van der Waals surface area contributed by atoms with Gasteiger partial charge in [0.15, 0.2) is 0 Å². The molecule has 1 N–H and O–H groups in total. The molecule has 0 bridgehead atoms. The zero-order valence-corrected chi connectivity index (χ0v) is 16.1. The van der Waals surface area contributed by atoms with Crippen LogP contribution in [0.15, 0.2) is 48.5 Å². The molecule has 27 heavy (non-hydrogen) atoms. The van der Waals surface area contributed by atoms with Crippen molar-refractivity contribution < 1.29 is 4.79 Å². The Morgan fingerprint density at radius 2 is 1.81 bits per heavy atom. The zero-order valence-electron chi connectivity index (χ0n) is 14.5. The first-order chi connectivity index (χ1) is 13.0. The van der Waals surface area contributed by atoms with Gasteiger partial charge in [0.25, 0.3) is 5.91 Å². The molecule has 136 valence electrons. The van der Waals surface area contributed by atoms with Crippen molar-refractivity contribution >= 4 is 46.4 Å². The first-order valence-corrected chi connectivity index (χ1v) is 9.25. The highest BCUT2D eigenvalue weighted by Crippen LogP contribution is 2.32. The summed E-state index contributed by atoms with van der Waals surface area (Å²) in [7, 11) is 0. The fourth-order valence-electron chi connectivity index (χ4n) is 3.15. The largest absolute Gasteiger partial charge is 0.322 e. The summed E-state index contributed by atoms with van der Waals surface area (Å²) in [5, 5.41) is 3.93. The maximum absolute atomic E-state index is 13.1. The van der Waals surface area contributed by atoms with E-state index in [1.165, 1.54) is 0 Å². The number of anilines is 3. The smallest absolute Gasteiger partial charge is 0.277 e. The first-order valence-electron chi connectivity index (χ1n) is 8.49. The molecule has 0 saturated carbocycles. The van der Waals surface area contributed by atoms with Crippen molar-refractivity contribution in [3.8, 4) is 0 Å². The average Bonchev–Trinajstić information content (AvgIpc) is 3.08. The van der Waals surface area contributed by atoms with Gasteiger partial charge in [-0.2, -0.15) is 0 Å². The number of hydrogen-bond donors (Lipinski definition) is 1. The lowest BCUT2D eigenvalue weighted by atomic mass is 10.2. The maximum Gasteiger partial charge on any atom is 0.277 e. The van der Waals surface area contributed by atoms with Crippen molar-refractivity contribution in [3.63, 3.8) is 0 Å². The van der Waals surface area contributed by atoms with Gasteiger partial charge in [0.2, 0.25) is 5.95 Å². The molecular weight excluding hydrogens is 383 g/mol. The molecule has 1 amide bonds. The van der Waals surface area contributed by atoms with E-state index < -0.39 is 0 Å². The van der Waals surface area contributed by atoms with Crippen molar-refractivity contribution in [3.05, 3.63) is 75.5 Å². The van der Waals surface area contributed by atoms with Crippen LogP contribution < -0.4 is 10.2 Å². The third-order valence-corrected chi connectivity index (χ3v) is 5.04. The highest BCUT2D eigenvalue weighted by molar-refractivity contribution is 6.39.